The Balaban J connectivity index is 2.74. The second-order valence-electron chi connectivity index (χ2n) is 3.20. The van der Waals surface area contributed by atoms with Gasteiger partial charge >= 0.3 is 0 Å². The summed E-state index contributed by atoms with van der Waals surface area (Å²) in [6.07, 6.45) is 8.46. The monoisotopic (exact) mass is 160 g/mol. The van der Waals surface area contributed by atoms with E-state index in [0.29, 0.717) is 5.92 Å². The maximum Gasteiger partial charge on any atom is 0.104 e. The number of hydrogen-bond donors (Lipinski definition) is 1. The molecule has 1 aromatic rings. The van der Waals surface area contributed by atoms with Crippen LogP contribution in [0, 0.1) is 12.8 Å². The molecular formula is C10H12N2. The van der Waals surface area contributed by atoms with Gasteiger partial charge in [-0.25, -0.2) is 4.98 Å². The number of aromatic nitrogens is 2. The topological polar surface area (TPSA) is 28.7 Å². The minimum Gasteiger partial charge on any atom is -0.342 e. The molecule has 2 heteroatoms. The quantitative estimate of drug-likeness (QED) is 0.587. The third kappa shape index (κ3) is 1.20. The van der Waals surface area contributed by atoms with E-state index < -0.39 is 0 Å². The molecule has 0 aliphatic heterocycles. The Morgan fingerprint density at radius 2 is 2.33 bits per heavy atom. The summed E-state index contributed by atoms with van der Waals surface area (Å²) in [6.45, 7) is 4.13. The SMILES string of the molecule is Cc1nc2c([nH]1)=CC=CC(C)C=2. The summed E-state index contributed by atoms with van der Waals surface area (Å²) in [6, 6.07) is 0. The van der Waals surface area contributed by atoms with E-state index in [1.165, 1.54) is 0 Å². The van der Waals surface area contributed by atoms with Crippen LogP contribution in [0.4, 0.5) is 0 Å². The second kappa shape index (κ2) is 2.63. The van der Waals surface area contributed by atoms with E-state index in [4.69, 9.17) is 0 Å². The molecule has 1 N–H and O–H groups in total. The molecule has 1 unspecified atom stereocenters. The average Bonchev–Trinajstić information content (AvgIpc) is 2.23. The van der Waals surface area contributed by atoms with Crippen LogP contribution >= 0.6 is 0 Å². The summed E-state index contributed by atoms with van der Waals surface area (Å²) >= 11 is 0. The van der Waals surface area contributed by atoms with Crippen LogP contribution in [0.5, 0.6) is 0 Å². The predicted molar refractivity (Wildman–Crippen MR) is 49.8 cm³/mol. The van der Waals surface area contributed by atoms with Crippen molar-refractivity contribution in [3.63, 3.8) is 0 Å². The summed E-state index contributed by atoms with van der Waals surface area (Å²) in [5, 5.41) is 2.19. The van der Waals surface area contributed by atoms with Gasteiger partial charge in [-0.3, -0.25) is 0 Å². The Labute approximate surface area is 71.3 Å². The molecule has 1 aliphatic carbocycles. The third-order valence-electron chi connectivity index (χ3n) is 1.98. The van der Waals surface area contributed by atoms with Crippen molar-refractivity contribution >= 4 is 12.2 Å². The van der Waals surface area contributed by atoms with Gasteiger partial charge in [-0.2, -0.15) is 0 Å². The van der Waals surface area contributed by atoms with Gasteiger partial charge in [0.15, 0.2) is 0 Å². The number of H-pyrrole nitrogens is 1. The second-order valence-corrected chi connectivity index (χ2v) is 3.20. The molecule has 0 aromatic carbocycles. The van der Waals surface area contributed by atoms with E-state index in [-0.39, 0.29) is 0 Å². The summed E-state index contributed by atoms with van der Waals surface area (Å²) in [5.41, 5.74) is 0. The zero-order chi connectivity index (χ0) is 8.55. The van der Waals surface area contributed by atoms with Crippen molar-refractivity contribution in [1.82, 2.24) is 9.97 Å². The van der Waals surface area contributed by atoms with E-state index >= 15 is 0 Å². The number of allylic oxidation sites excluding steroid dienone is 2. The zero-order valence-corrected chi connectivity index (χ0v) is 7.33. The maximum atomic E-state index is 4.38. The van der Waals surface area contributed by atoms with Gasteiger partial charge < -0.3 is 4.98 Å². The highest BCUT2D eigenvalue weighted by atomic mass is 14.9. The smallest absolute Gasteiger partial charge is 0.104 e. The molecule has 0 spiro atoms. The highest BCUT2D eigenvalue weighted by molar-refractivity contribution is 5.42. The van der Waals surface area contributed by atoms with Crippen molar-refractivity contribution in [2.45, 2.75) is 13.8 Å². The van der Waals surface area contributed by atoms with Crippen molar-refractivity contribution in [3.05, 3.63) is 28.7 Å². The van der Waals surface area contributed by atoms with Gasteiger partial charge in [0, 0.05) is 0 Å². The van der Waals surface area contributed by atoms with E-state index in [1.54, 1.807) is 0 Å². The first-order valence-electron chi connectivity index (χ1n) is 4.19. The minimum absolute atomic E-state index is 0.477. The number of nitrogens with zero attached hydrogens (tertiary/aromatic N) is 1. The van der Waals surface area contributed by atoms with Gasteiger partial charge in [-0.1, -0.05) is 19.1 Å². The maximum absolute atomic E-state index is 4.38. The molecule has 1 atom stereocenters. The van der Waals surface area contributed by atoms with E-state index in [2.05, 4.69) is 41.2 Å². The number of fused-ring (bicyclic) bond motifs is 1. The molecule has 2 nitrogen and oxygen atoms in total. The fraction of sp³-hybridized carbons (Fsp3) is 0.300. The lowest BCUT2D eigenvalue weighted by Gasteiger charge is -1.91. The Bertz CT molecular complexity index is 423. The molecule has 0 saturated carbocycles. The van der Waals surface area contributed by atoms with Gasteiger partial charge in [0.1, 0.15) is 5.82 Å². The molecule has 1 aromatic heterocycles. The summed E-state index contributed by atoms with van der Waals surface area (Å²) in [7, 11) is 0. The number of aryl methyl sites for hydroxylation is 1. The van der Waals surface area contributed by atoms with Crippen molar-refractivity contribution in [2.24, 2.45) is 5.92 Å². The third-order valence-corrected chi connectivity index (χ3v) is 1.98. The number of aromatic amines is 1. The molecule has 1 heterocycles. The van der Waals surface area contributed by atoms with Crippen molar-refractivity contribution < 1.29 is 0 Å². The summed E-state index contributed by atoms with van der Waals surface area (Å²) in [5.74, 6) is 1.46. The average molecular weight is 160 g/mol. The molecule has 2 rings (SSSR count). The molecule has 62 valence electrons. The first-order chi connectivity index (χ1) is 5.75. The lowest BCUT2D eigenvalue weighted by atomic mass is 10.2. The Kier molecular flexibility index (Phi) is 1.61. The Morgan fingerprint density at radius 1 is 1.50 bits per heavy atom. The first-order valence-corrected chi connectivity index (χ1v) is 4.19. The predicted octanol–water partition coefficient (Wildman–Crippen LogP) is 0.485. The van der Waals surface area contributed by atoms with Crippen LogP contribution < -0.4 is 10.7 Å². The van der Waals surface area contributed by atoms with Crippen LogP contribution in [0.3, 0.4) is 0 Å². The van der Waals surface area contributed by atoms with Crippen LogP contribution in [0.25, 0.3) is 12.2 Å². The molecular weight excluding hydrogens is 148 g/mol. The molecule has 0 saturated heterocycles. The lowest BCUT2D eigenvalue weighted by Crippen LogP contribution is -2.23. The number of nitrogens with one attached hydrogen (secondary N) is 1. The van der Waals surface area contributed by atoms with Crippen LogP contribution in [0.2, 0.25) is 0 Å². The van der Waals surface area contributed by atoms with Crippen LogP contribution in [0.1, 0.15) is 12.7 Å². The summed E-state index contributed by atoms with van der Waals surface area (Å²) < 4.78 is 0. The number of imidazole rings is 1. The molecule has 0 bridgehead atoms. The zero-order valence-electron chi connectivity index (χ0n) is 7.33. The van der Waals surface area contributed by atoms with Gasteiger partial charge in [0.2, 0.25) is 0 Å². The van der Waals surface area contributed by atoms with E-state index in [1.807, 2.05) is 6.92 Å². The van der Waals surface area contributed by atoms with E-state index in [9.17, 15) is 0 Å². The largest absolute Gasteiger partial charge is 0.342 e. The van der Waals surface area contributed by atoms with Crippen LogP contribution in [-0.4, -0.2) is 9.97 Å². The van der Waals surface area contributed by atoms with Gasteiger partial charge in [-0.05, 0) is 25.0 Å². The molecule has 12 heavy (non-hydrogen) atoms. The highest BCUT2D eigenvalue weighted by Crippen LogP contribution is 1.99. The standard InChI is InChI=1S/C10H12N2/c1-7-4-3-5-9-10(6-7)12-8(2)11-9/h3-7H,1-2H3,(H,11,12). The molecule has 0 radical (unpaired) electrons. The number of rotatable bonds is 0. The Hall–Kier alpha value is -1.31. The normalized spacial score (nSPS) is 20.7. The first kappa shape index (κ1) is 7.35. The molecule has 0 fully saturated rings. The fourth-order valence-corrected chi connectivity index (χ4v) is 1.41. The number of hydrogen-bond acceptors (Lipinski definition) is 1. The molecule has 1 aliphatic rings. The van der Waals surface area contributed by atoms with Crippen molar-refractivity contribution in [1.29, 1.82) is 0 Å². The highest BCUT2D eigenvalue weighted by Gasteiger charge is 1.97. The van der Waals surface area contributed by atoms with Crippen molar-refractivity contribution in [3.8, 4) is 0 Å². The van der Waals surface area contributed by atoms with Crippen LogP contribution in [-0.2, 0) is 0 Å². The lowest BCUT2D eigenvalue weighted by molar-refractivity contribution is 0.990. The van der Waals surface area contributed by atoms with Crippen LogP contribution in [0.15, 0.2) is 12.2 Å². The van der Waals surface area contributed by atoms with Crippen molar-refractivity contribution in [2.75, 3.05) is 0 Å². The fourth-order valence-electron chi connectivity index (χ4n) is 1.41. The Morgan fingerprint density at radius 3 is 3.17 bits per heavy atom. The van der Waals surface area contributed by atoms with E-state index in [0.717, 1.165) is 16.5 Å². The summed E-state index contributed by atoms with van der Waals surface area (Å²) in [4.78, 5) is 7.59. The van der Waals surface area contributed by atoms with Gasteiger partial charge in [-0.15, -0.1) is 0 Å². The minimum atomic E-state index is 0.477. The van der Waals surface area contributed by atoms with Gasteiger partial charge in [0.05, 0.1) is 10.7 Å². The van der Waals surface area contributed by atoms with Gasteiger partial charge in [0.25, 0.3) is 0 Å². The molecule has 0 amide bonds.